The molecular formula is C9H12N2O4. The van der Waals surface area contributed by atoms with E-state index in [0.717, 1.165) is 4.90 Å². The number of rotatable bonds is 4. The third kappa shape index (κ3) is 3.41. The van der Waals surface area contributed by atoms with Crippen molar-refractivity contribution >= 4 is 11.9 Å². The van der Waals surface area contributed by atoms with Gasteiger partial charge in [0.15, 0.2) is 0 Å². The number of aromatic nitrogens is 1. The second kappa shape index (κ2) is 4.59. The lowest BCUT2D eigenvalue weighted by molar-refractivity contribution is -0.143. The van der Waals surface area contributed by atoms with Crippen LogP contribution in [0.15, 0.2) is 10.6 Å². The minimum Gasteiger partial charge on any atom is -0.480 e. The van der Waals surface area contributed by atoms with E-state index >= 15 is 0 Å². The first kappa shape index (κ1) is 11.2. The summed E-state index contributed by atoms with van der Waals surface area (Å²) in [5.74, 6) is -0.456. The fraction of sp³-hybridized carbons (Fsp3) is 0.444. The van der Waals surface area contributed by atoms with Crippen molar-refractivity contribution in [2.24, 2.45) is 0 Å². The van der Waals surface area contributed by atoms with Crippen molar-refractivity contribution in [2.45, 2.75) is 13.3 Å². The standard InChI is InChI=1S/C9H12N2O4/c1-6-4-10-7(15-6)3-8(12)11(2)5-9(13)14/h4H,3,5H2,1-2H3,(H,13,14). The molecule has 0 bridgehead atoms. The van der Waals surface area contributed by atoms with Gasteiger partial charge in [0.1, 0.15) is 18.7 Å². The van der Waals surface area contributed by atoms with E-state index in [1.54, 1.807) is 6.92 Å². The molecule has 1 amide bonds. The van der Waals surface area contributed by atoms with Gasteiger partial charge < -0.3 is 14.4 Å². The van der Waals surface area contributed by atoms with Gasteiger partial charge in [-0.25, -0.2) is 4.98 Å². The number of oxazole rings is 1. The summed E-state index contributed by atoms with van der Waals surface area (Å²) in [5.41, 5.74) is 0. The van der Waals surface area contributed by atoms with Crippen LogP contribution in [0.5, 0.6) is 0 Å². The van der Waals surface area contributed by atoms with E-state index in [0.29, 0.717) is 11.7 Å². The molecule has 0 spiro atoms. The maximum absolute atomic E-state index is 11.4. The van der Waals surface area contributed by atoms with Crippen molar-refractivity contribution in [2.75, 3.05) is 13.6 Å². The molecular weight excluding hydrogens is 200 g/mol. The third-order valence-electron chi connectivity index (χ3n) is 1.77. The predicted molar refractivity (Wildman–Crippen MR) is 50.2 cm³/mol. The van der Waals surface area contributed by atoms with Crippen molar-refractivity contribution in [3.63, 3.8) is 0 Å². The maximum atomic E-state index is 11.4. The number of hydrogen-bond acceptors (Lipinski definition) is 4. The monoisotopic (exact) mass is 212 g/mol. The zero-order valence-corrected chi connectivity index (χ0v) is 8.56. The van der Waals surface area contributed by atoms with Crippen molar-refractivity contribution in [1.82, 2.24) is 9.88 Å². The van der Waals surface area contributed by atoms with Gasteiger partial charge in [0.05, 0.1) is 6.20 Å². The van der Waals surface area contributed by atoms with Crippen LogP contribution in [0.3, 0.4) is 0 Å². The van der Waals surface area contributed by atoms with Crippen LogP contribution in [-0.2, 0) is 16.0 Å². The topological polar surface area (TPSA) is 83.6 Å². The first-order valence-electron chi connectivity index (χ1n) is 4.36. The van der Waals surface area contributed by atoms with Crippen molar-refractivity contribution < 1.29 is 19.1 Å². The second-order valence-corrected chi connectivity index (χ2v) is 3.18. The fourth-order valence-corrected chi connectivity index (χ4v) is 1.04. The zero-order valence-electron chi connectivity index (χ0n) is 8.56. The number of carbonyl (C=O) groups is 2. The minimum atomic E-state index is -1.05. The first-order valence-corrected chi connectivity index (χ1v) is 4.36. The molecule has 1 aromatic heterocycles. The number of carboxylic acid groups (broad SMARTS) is 1. The Hall–Kier alpha value is -1.85. The molecule has 15 heavy (non-hydrogen) atoms. The van der Waals surface area contributed by atoms with E-state index in [4.69, 9.17) is 9.52 Å². The average Bonchev–Trinajstić information content (AvgIpc) is 2.50. The highest BCUT2D eigenvalue weighted by atomic mass is 16.4. The SMILES string of the molecule is Cc1cnc(CC(=O)N(C)CC(=O)O)o1. The third-order valence-corrected chi connectivity index (χ3v) is 1.77. The van der Waals surface area contributed by atoms with E-state index in [2.05, 4.69) is 4.98 Å². The summed E-state index contributed by atoms with van der Waals surface area (Å²) in [6, 6.07) is 0. The summed E-state index contributed by atoms with van der Waals surface area (Å²) >= 11 is 0. The highest BCUT2D eigenvalue weighted by Crippen LogP contribution is 2.03. The van der Waals surface area contributed by atoms with E-state index < -0.39 is 5.97 Å². The van der Waals surface area contributed by atoms with Gasteiger partial charge in [-0.1, -0.05) is 0 Å². The Morgan fingerprint density at radius 2 is 2.27 bits per heavy atom. The molecule has 6 heteroatoms. The summed E-state index contributed by atoms with van der Waals surface area (Å²) in [6.45, 7) is 1.40. The Kier molecular flexibility index (Phi) is 3.43. The number of carboxylic acids is 1. The number of aryl methyl sites for hydroxylation is 1. The number of hydrogen-bond donors (Lipinski definition) is 1. The Labute approximate surface area is 86.5 Å². The second-order valence-electron chi connectivity index (χ2n) is 3.18. The number of nitrogens with zero attached hydrogens (tertiary/aromatic N) is 2. The molecule has 1 aromatic rings. The Morgan fingerprint density at radius 1 is 1.60 bits per heavy atom. The molecule has 0 aliphatic carbocycles. The van der Waals surface area contributed by atoms with Crippen LogP contribution in [0.25, 0.3) is 0 Å². The van der Waals surface area contributed by atoms with Gasteiger partial charge in [0.25, 0.3) is 0 Å². The molecule has 0 saturated carbocycles. The average molecular weight is 212 g/mol. The smallest absolute Gasteiger partial charge is 0.323 e. The number of aliphatic carboxylic acids is 1. The molecule has 0 aromatic carbocycles. The van der Waals surface area contributed by atoms with Crippen LogP contribution in [0.4, 0.5) is 0 Å². The molecule has 1 N–H and O–H groups in total. The van der Waals surface area contributed by atoms with Gasteiger partial charge in [-0.05, 0) is 6.92 Å². The Balaban J connectivity index is 2.52. The largest absolute Gasteiger partial charge is 0.480 e. The predicted octanol–water partition coefficient (Wildman–Crippen LogP) is 0.0685. The van der Waals surface area contributed by atoms with Gasteiger partial charge in [0.2, 0.25) is 11.8 Å². The molecule has 0 unspecified atom stereocenters. The first-order chi connectivity index (χ1) is 6.99. The van der Waals surface area contributed by atoms with Crippen LogP contribution < -0.4 is 0 Å². The molecule has 0 aliphatic heterocycles. The molecule has 1 rings (SSSR count). The van der Waals surface area contributed by atoms with E-state index in [9.17, 15) is 9.59 Å². The fourth-order valence-electron chi connectivity index (χ4n) is 1.04. The molecule has 1 heterocycles. The van der Waals surface area contributed by atoms with Gasteiger partial charge >= 0.3 is 5.97 Å². The number of amides is 1. The highest BCUT2D eigenvalue weighted by molar-refractivity contribution is 5.82. The summed E-state index contributed by atoms with van der Waals surface area (Å²) in [7, 11) is 1.42. The van der Waals surface area contributed by atoms with Gasteiger partial charge in [-0.15, -0.1) is 0 Å². The van der Waals surface area contributed by atoms with Gasteiger partial charge in [0, 0.05) is 7.05 Å². The summed E-state index contributed by atoms with van der Waals surface area (Å²) in [4.78, 5) is 26.7. The Morgan fingerprint density at radius 3 is 2.73 bits per heavy atom. The summed E-state index contributed by atoms with van der Waals surface area (Å²) in [5, 5.41) is 8.47. The van der Waals surface area contributed by atoms with Crippen LogP contribution in [0.1, 0.15) is 11.7 Å². The lowest BCUT2D eigenvalue weighted by Gasteiger charge is -2.12. The number of carbonyl (C=O) groups excluding carboxylic acids is 1. The van der Waals surface area contributed by atoms with Gasteiger partial charge in [-0.2, -0.15) is 0 Å². The van der Waals surface area contributed by atoms with E-state index in [1.807, 2.05) is 0 Å². The van der Waals surface area contributed by atoms with E-state index in [1.165, 1.54) is 13.2 Å². The quantitative estimate of drug-likeness (QED) is 0.763. The number of likely N-dealkylation sites (N-methyl/N-ethyl adjacent to an activating group) is 1. The summed E-state index contributed by atoms with van der Waals surface area (Å²) < 4.78 is 5.10. The molecule has 6 nitrogen and oxygen atoms in total. The zero-order chi connectivity index (χ0) is 11.4. The summed E-state index contributed by atoms with van der Waals surface area (Å²) in [6.07, 6.45) is 1.50. The van der Waals surface area contributed by atoms with Crippen LogP contribution in [0.2, 0.25) is 0 Å². The highest BCUT2D eigenvalue weighted by Gasteiger charge is 2.14. The van der Waals surface area contributed by atoms with Crippen molar-refractivity contribution in [1.29, 1.82) is 0 Å². The lowest BCUT2D eigenvalue weighted by atomic mass is 10.3. The van der Waals surface area contributed by atoms with Crippen molar-refractivity contribution in [3.05, 3.63) is 17.8 Å². The van der Waals surface area contributed by atoms with Crippen molar-refractivity contribution in [3.8, 4) is 0 Å². The normalized spacial score (nSPS) is 10.0. The molecule has 0 radical (unpaired) electrons. The van der Waals surface area contributed by atoms with E-state index in [-0.39, 0.29) is 18.9 Å². The maximum Gasteiger partial charge on any atom is 0.323 e. The molecule has 0 atom stereocenters. The Bertz CT molecular complexity index is 372. The van der Waals surface area contributed by atoms with Crippen LogP contribution >= 0.6 is 0 Å². The lowest BCUT2D eigenvalue weighted by Crippen LogP contribution is -2.33. The molecule has 82 valence electrons. The van der Waals surface area contributed by atoms with Crippen LogP contribution in [0, 0.1) is 6.92 Å². The van der Waals surface area contributed by atoms with Gasteiger partial charge in [-0.3, -0.25) is 9.59 Å². The molecule has 0 fully saturated rings. The van der Waals surface area contributed by atoms with Crippen LogP contribution in [-0.4, -0.2) is 40.5 Å². The minimum absolute atomic E-state index is 0.0163. The molecule has 0 saturated heterocycles. The molecule has 0 aliphatic rings.